The third-order valence-electron chi connectivity index (χ3n) is 2.73. The first-order valence-electron chi connectivity index (χ1n) is 5.76. The lowest BCUT2D eigenvalue weighted by Crippen LogP contribution is -2.49. The fraction of sp³-hybridized carbons (Fsp3) is 0.385. The molecule has 21 heavy (non-hydrogen) atoms. The average molecular weight is 303 g/mol. The monoisotopic (exact) mass is 303 g/mol. The lowest BCUT2D eigenvalue weighted by Gasteiger charge is -2.36. The number of terminal acetylenes is 1. The van der Waals surface area contributed by atoms with E-state index in [1.54, 1.807) is 0 Å². The molecular weight excluding hydrogens is 290 g/mol. The topological polar surface area (TPSA) is 59.2 Å². The molecule has 0 fully saturated rings. The van der Waals surface area contributed by atoms with Crippen LogP contribution in [-0.4, -0.2) is 29.2 Å². The van der Waals surface area contributed by atoms with E-state index >= 15 is 0 Å². The third kappa shape index (κ3) is 4.08. The fourth-order valence-corrected chi connectivity index (χ4v) is 1.62. The van der Waals surface area contributed by atoms with E-state index in [4.69, 9.17) is 12.2 Å². The van der Waals surface area contributed by atoms with Gasteiger partial charge in [-0.15, -0.1) is 6.42 Å². The second kappa shape index (κ2) is 5.60. The molecule has 0 unspecified atom stereocenters. The molecule has 0 aromatic carbocycles. The first-order valence-corrected chi connectivity index (χ1v) is 5.76. The van der Waals surface area contributed by atoms with Gasteiger partial charge in [0, 0.05) is 0 Å². The minimum absolute atomic E-state index is 0.344. The van der Waals surface area contributed by atoms with E-state index in [0.717, 1.165) is 12.1 Å². The van der Waals surface area contributed by atoms with Crippen molar-refractivity contribution in [3.05, 3.63) is 23.6 Å². The Morgan fingerprint density at radius 2 is 2.00 bits per heavy atom. The Hall–Kier alpha value is -2.30. The number of carbonyl (C=O) groups excluding carboxylic acids is 1. The zero-order valence-corrected chi connectivity index (χ0v) is 11.3. The summed E-state index contributed by atoms with van der Waals surface area (Å²) < 4.78 is 51.5. The summed E-state index contributed by atoms with van der Waals surface area (Å²) in [6.45, 7) is 1.13. The first-order chi connectivity index (χ1) is 9.48. The molecule has 2 N–H and O–H groups in total. The van der Waals surface area contributed by atoms with Crippen LogP contribution >= 0.6 is 0 Å². The van der Waals surface area contributed by atoms with E-state index in [2.05, 4.69) is 10.9 Å². The number of carbonyl (C=O) groups is 1. The van der Waals surface area contributed by atoms with E-state index < -0.39 is 35.9 Å². The number of alkyl halides is 3. The Kier molecular flexibility index (Phi) is 4.46. The number of halogens is 4. The Balaban J connectivity index is 3.50. The number of pyridine rings is 1. The molecular formula is C13H13F4N3O. The van der Waals surface area contributed by atoms with E-state index in [9.17, 15) is 22.4 Å². The number of aromatic nitrogens is 1. The molecule has 4 nitrogen and oxygen atoms in total. The SMILES string of the molecule is C#CC(C)(C)N(CC(F)(F)F)c1nc(F)ccc1C(N)=O. The Morgan fingerprint density at radius 1 is 1.43 bits per heavy atom. The van der Waals surface area contributed by atoms with Crippen molar-refractivity contribution in [2.24, 2.45) is 5.73 Å². The summed E-state index contributed by atoms with van der Waals surface area (Å²) in [5.74, 6) is -0.456. The fourth-order valence-electron chi connectivity index (χ4n) is 1.62. The van der Waals surface area contributed by atoms with Gasteiger partial charge in [-0.05, 0) is 26.0 Å². The predicted octanol–water partition coefficient (Wildman–Crippen LogP) is 2.10. The van der Waals surface area contributed by atoms with Crippen molar-refractivity contribution in [2.75, 3.05) is 11.4 Å². The van der Waals surface area contributed by atoms with Crippen molar-refractivity contribution >= 4 is 11.7 Å². The normalized spacial score (nSPS) is 11.9. The molecule has 0 aliphatic rings. The number of amides is 1. The highest BCUT2D eigenvalue weighted by molar-refractivity contribution is 5.97. The summed E-state index contributed by atoms with van der Waals surface area (Å²) in [6.07, 6.45) is 0.603. The molecule has 1 rings (SSSR count). The maximum atomic E-state index is 13.3. The largest absolute Gasteiger partial charge is 0.406 e. The van der Waals surface area contributed by atoms with Crippen LogP contribution in [0.5, 0.6) is 0 Å². The van der Waals surface area contributed by atoms with Crippen LogP contribution in [0.3, 0.4) is 0 Å². The summed E-state index contributed by atoms with van der Waals surface area (Å²) >= 11 is 0. The molecule has 8 heteroatoms. The van der Waals surface area contributed by atoms with Gasteiger partial charge in [0.25, 0.3) is 5.91 Å². The minimum Gasteiger partial charge on any atom is -0.365 e. The van der Waals surface area contributed by atoms with Crippen molar-refractivity contribution in [3.8, 4) is 12.3 Å². The molecule has 0 saturated carbocycles. The third-order valence-corrected chi connectivity index (χ3v) is 2.73. The highest BCUT2D eigenvalue weighted by Crippen LogP contribution is 2.30. The Labute approximate surface area is 118 Å². The molecule has 0 spiro atoms. The smallest absolute Gasteiger partial charge is 0.365 e. The van der Waals surface area contributed by atoms with Crippen molar-refractivity contribution < 1.29 is 22.4 Å². The van der Waals surface area contributed by atoms with Crippen LogP contribution in [-0.2, 0) is 0 Å². The van der Waals surface area contributed by atoms with E-state index in [1.807, 2.05) is 0 Å². The van der Waals surface area contributed by atoms with Gasteiger partial charge in [-0.3, -0.25) is 4.79 Å². The number of rotatable bonds is 4. The molecule has 1 aromatic heterocycles. The van der Waals surface area contributed by atoms with Crippen molar-refractivity contribution in [2.45, 2.75) is 25.6 Å². The van der Waals surface area contributed by atoms with Crippen LogP contribution in [0.15, 0.2) is 12.1 Å². The highest BCUT2D eigenvalue weighted by atomic mass is 19.4. The molecule has 0 atom stereocenters. The van der Waals surface area contributed by atoms with Crippen LogP contribution in [0.2, 0.25) is 0 Å². The van der Waals surface area contributed by atoms with E-state index in [0.29, 0.717) is 4.90 Å². The number of nitrogens with two attached hydrogens (primary N) is 1. The number of hydrogen-bond donors (Lipinski definition) is 1. The van der Waals surface area contributed by atoms with Crippen molar-refractivity contribution in [1.29, 1.82) is 0 Å². The van der Waals surface area contributed by atoms with Gasteiger partial charge >= 0.3 is 6.18 Å². The van der Waals surface area contributed by atoms with E-state index in [1.165, 1.54) is 13.8 Å². The highest BCUT2D eigenvalue weighted by Gasteiger charge is 2.39. The second-order valence-electron chi connectivity index (χ2n) is 4.77. The summed E-state index contributed by atoms with van der Waals surface area (Å²) in [6, 6.07) is 1.80. The molecule has 1 aromatic rings. The minimum atomic E-state index is -4.63. The van der Waals surface area contributed by atoms with Gasteiger partial charge < -0.3 is 10.6 Å². The Morgan fingerprint density at radius 3 is 2.43 bits per heavy atom. The molecule has 114 valence electrons. The van der Waals surface area contributed by atoms with E-state index in [-0.39, 0.29) is 5.56 Å². The maximum absolute atomic E-state index is 13.3. The van der Waals surface area contributed by atoms with Crippen LogP contribution < -0.4 is 10.6 Å². The standard InChI is InChI=1S/C13H13F4N3O/c1-4-12(2,3)20(7-13(15,16)17)11-8(10(18)21)5-6-9(14)19-11/h1,5-6H,7H2,2-3H3,(H2,18,21). The van der Waals surface area contributed by atoms with Gasteiger partial charge in [0.2, 0.25) is 5.95 Å². The van der Waals surface area contributed by atoms with Crippen LogP contribution in [0.4, 0.5) is 23.4 Å². The van der Waals surface area contributed by atoms with Gasteiger partial charge in [0.15, 0.2) is 0 Å². The number of anilines is 1. The van der Waals surface area contributed by atoms with Crippen molar-refractivity contribution in [1.82, 2.24) is 4.98 Å². The van der Waals surface area contributed by atoms with Crippen molar-refractivity contribution in [3.63, 3.8) is 0 Å². The number of primary amides is 1. The molecule has 1 heterocycles. The summed E-state index contributed by atoms with van der Waals surface area (Å²) in [4.78, 5) is 15.3. The second-order valence-corrected chi connectivity index (χ2v) is 4.77. The molecule has 0 bridgehead atoms. The zero-order chi connectivity index (χ0) is 16.4. The van der Waals surface area contributed by atoms with Gasteiger partial charge in [-0.25, -0.2) is 4.98 Å². The van der Waals surface area contributed by atoms with Gasteiger partial charge in [0.05, 0.1) is 11.1 Å². The molecule has 0 aliphatic heterocycles. The molecule has 1 amide bonds. The molecule has 0 aliphatic carbocycles. The molecule has 0 saturated heterocycles. The average Bonchev–Trinajstić information content (AvgIpc) is 2.34. The maximum Gasteiger partial charge on any atom is 0.406 e. The zero-order valence-electron chi connectivity index (χ0n) is 11.3. The predicted molar refractivity (Wildman–Crippen MR) is 69.0 cm³/mol. The lowest BCUT2D eigenvalue weighted by atomic mass is 10.0. The summed E-state index contributed by atoms with van der Waals surface area (Å²) in [7, 11) is 0. The number of hydrogen-bond acceptors (Lipinski definition) is 3. The van der Waals surface area contributed by atoms with Gasteiger partial charge in [-0.1, -0.05) is 5.92 Å². The van der Waals surface area contributed by atoms with Crippen LogP contribution in [0, 0.1) is 18.3 Å². The van der Waals surface area contributed by atoms with Crippen LogP contribution in [0.25, 0.3) is 0 Å². The summed E-state index contributed by atoms with van der Waals surface area (Å²) in [5, 5.41) is 0. The van der Waals surface area contributed by atoms with Gasteiger partial charge in [0.1, 0.15) is 12.4 Å². The summed E-state index contributed by atoms with van der Waals surface area (Å²) in [5.41, 5.74) is 3.29. The Bertz CT molecular complexity index is 590. The number of nitrogens with zero attached hydrogens (tertiary/aromatic N) is 2. The van der Waals surface area contributed by atoms with Gasteiger partial charge in [-0.2, -0.15) is 17.6 Å². The molecule has 0 radical (unpaired) electrons. The van der Waals surface area contributed by atoms with Crippen LogP contribution in [0.1, 0.15) is 24.2 Å². The first kappa shape index (κ1) is 16.8. The quantitative estimate of drug-likeness (QED) is 0.526. The lowest BCUT2D eigenvalue weighted by molar-refractivity contribution is -0.121.